The Morgan fingerprint density at radius 3 is 2.87 bits per heavy atom. The van der Waals surface area contributed by atoms with Gasteiger partial charge in [0.2, 0.25) is 0 Å². The van der Waals surface area contributed by atoms with Gasteiger partial charge in [-0.1, -0.05) is 11.6 Å². The lowest BCUT2D eigenvalue weighted by Gasteiger charge is -2.26. The van der Waals surface area contributed by atoms with Gasteiger partial charge < -0.3 is 10.1 Å². The van der Waals surface area contributed by atoms with Crippen LogP contribution in [-0.4, -0.2) is 19.7 Å². The van der Waals surface area contributed by atoms with Crippen molar-refractivity contribution in [2.75, 3.05) is 19.7 Å². The predicted molar refractivity (Wildman–Crippen MR) is 57.9 cm³/mol. The number of rotatable bonds is 4. The highest BCUT2D eigenvalue weighted by Gasteiger charge is 2.16. The second-order valence-electron chi connectivity index (χ2n) is 3.74. The Balaban J connectivity index is 1.81. The molecule has 1 fully saturated rings. The molecule has 0 aliphatic carbocycles. The van der Waals surface area contributed by atoms with Gasteiger partial charge in [-0.05, 0) is 43.6 Å². The molecule has 0 amide bonds. The first kappa shape index (κ1) is 10.7. The third kappa shape index (κ3) is 2.83. The van der Waals surface area contributed by atoms with Gasteiger partial charge in [0.25, 0.3) is 0 Å². The standard InChI is InChI=1S/C11H13ClFNO/c12-10-5-9(13)1-2-11(10)15-4-3-8-6-14-7-8/h1-2,5,8,14H,3-4,6-7H2. The van der Waals surface area contributed by atoms with Gasteiger partial charge in [0, 0.05) is 0 Å². The van der Waals surface area contributed by atoms with E-state index in [1.807, 2.05) is 0 Å². The van der Waals surface area contributed by atoms with Crippen molar-refractivity contribution < 1.29 is 9.13 Å². The predicted octanol–water partition coefficient (Wildman–Crippen LogP) is 2.47. The van der Waals surface area contributed by atoms with E-state index in [1.54, 1.807) is 6.07 Å². The molecule has 1 aliphatic rings. The Bertz CT molecular complexity index is 341. The molecule has 1 aromatic rings. The average molecular weight is 230 g/mol. The maximum absolute atomic E-state index is 12.7. The molecule has 1 saturated heterocycles. The largest absolute Gasteiger partial charge is 0.492 e. The molecule has 0 unspecified atom stereocenters. The fraction of sp³-hybridized carbons (Fsp3) is 0.455. The summed E-state index contributed by atoms with van der Waals surface area (Å²) in [5.41, 5.74) is 0. The van der Waals surface area contributed by atoms with Crippen LogP contribution in [-0.2, 0) is 0 Å². The Kier molecular flexibility index (Phi) is 3.44. The molecule has 0 atom stereocenters. The molecular formula is C11H13ClFNO. The molecule has 1 aromatic carbocycles. The van der Waals surface area contributed by atoms with Crippen LogP contribution in [0.4, 0.5) is 4.39 Å². The topological polar surface area (TPSA) is 21.3 Å². The van der Waals surface area contributed by atoms with E-state index in [-0.39, 0.29) is 5.82 Å². The zero-order valence-corrected chi connectivity index (χ0v) is 9.06. The summed E-state index contributed by atoms with van der Waals surface area (Å²) < 4.78 is 18.2. The number of hydrogen-bond donors (Lipinski definition) is 1. The summed E-state index contributed by atoms with van der Waals surface area (Å²) in [6, 6.07) is 4.19. The molecule has 2 nitrogen and oxygen atoms in total. The van der Waals surface area contributed by atoms with E-state index in [1.165, 1.54) is 12.1 Å². The Labute approximate surface area is 93.4 Å². The molecule has 1 aliphatic heterocycles. The average Bonchev–Trinajstić information content (AvgIpc) is 2.12. The number of halogens is 2. The number of ether oxygens (including phenoxy) is 1. The smallest absolute Gasteiger partial charge is 0.138 e. The van der Waals surface area contributed by atoms with E-state index >= 15 is 0 Å². The van der Waals surface area contributed by atoms with Gasteiger partial charge in [-0.3, -0.25) is 0 Å². The molecule has 0 saturated carbocycles. The molecule has 1 N–H and O–H groups in total. The third-order valence-electron chi connectivity index (χ3n) is 2.54. The molecule has 0 aromatic heterocycles. The minimum atomic E-state index is -0.337. The molecule has 1 heterocycles. The first-order valence-corrected chi connectivity index (χ1v) is 5.42. The van der Waals surface area contributed by atoms with Gasteiger partial charge >= 0.3 is 0 Å². The third-order valence-corrected chi connectivity index (χ3v) is 2.84. The van der Waals surface area contributed by atoms with Crippen molar-refractivity contribution in [3.63, 3.8) is 0 Å². The highest BCUT2D eigenvalue weighted by molar-refractivity contribution is 6.32. The summed E-state index contributed by atoms with van der Waals surface area (Å²) in [4.78, 5) is 0. The van der Waals surface area contributed by atoms with Crippen LogP contribution in [0, 0.1) is 11.7 Å². The molecular weight excluding hydrogens is 217 g/mol. The van der Waals surface area contributed by atoms with E-state index in [0.717, 1.165) is 19.5 Å². The lowest BCUT2D eigenvalue weighted by Crippen LogP contribution is -2.42. The van der Waals surface area contributed by atoms with Crippen molar-refractivity contribution in [3.8, 4) is 5.75 Å². The molecule has 82 valence electrons. The summed E-state index contributed by atoms with van der Waals surface area (Å²) >= 11 is 5.82. The number of nitrogens with one attached hydrogen (secondary N) is 1. The molecule has 2 rings (SSSR count). The van der Waals surface area contributed by atoms with E-state index in [9.17, 15) is 4.39 Å². The van der Waals surface area contributed by atoms with Crippen LogP contribution >= 0.6 is 11.6 Å². The maximum Gasteiger partial charge on any atom is 0.138 e. The van der Waals surface area contributed by atoms with E-state index in [4.69, 9.17) is 16.3 Å². The number of hydrogen-bond acceptors (Lipinski definition) is 2. The summed E-state index contributed by atoms with van der Waals surface area (Å²) in [6.07, 6.45) is 1.01. The lowest BCUT2D eigenvalue weighted by molar-refractivity contribution is 0.238. The molecule has 0 radical (unpaired) electrons. The summed E-state index contributed by atoms with van der Waals surface area (Å²) in [6.45, 7) is 2.78. The van der Waals surface area contributed by atoms with Crippen LogP contribution in [0.2, 0.25) is 5.02 Å². The van der Waals surface area contributed by atoms with Crippen molar-refractivity contribution in [2.24, 2.45) is 5.92 Å². The minimum absolute atomic E-state index is 0.335. The highest BCUT2D eigenvalue weighted by atomic mass is 35.5. The summed E-state index contributed by atoms with van der Waals surface area (Å²) in [5, 5.41) is 3.53. The highest BCUT2D eigenvalue weighted by Crippen LogP contribution is 2.25. The van der Waals surface area contributed by atoms with Crippen LogP contribution in [0.1, 0.15) is 6.42 Å². The van der Waals surface area contributed by atoms with Gasteiger partial charge in [-0.25, -0.2) is 4.39 Å². The lowest BCUT2D eigenvalue weighted by atomic mass is 10.0. The maximum atomic E-state index is 12.7. The van der Waals surface area contributed by atoms with Crippen molar-refractivity contribution >= 4 is 11.6 Å². The first-order valence-electron chi connectivity index (χ1n) is 5.04. The second-order valence-corrected chi connectivity index (χ2v) is 4.14. The molecule has 0 spiro atoms. The van der Waals surface area contributed by atoms with Crippen molar-refractivity contribution in [1.82, 2.24) is 5.32 Å². The summed E-state index contributed by atoms with van der Waals surface area (Å²) in [7, 11) is 0. The van der Waals surface area contributed by atoms with Crippen LogP contribution < -0.4 is 10.1 Å². The van der Waals surface area contributed by atoms with Gasteiger partial charge in [0.1, 0.15) is 11.6 Å². The minimum Gasteiger partial charge on any atom is -0.492 e. The summed E-state index contributed by atoms with van der Waals surface area (Å²) in [5.74, 6) is 0.935. The van der Waals surface area contributed by atoms with Crippen LogP contribution in [0.3, 0.4) is 0 Å². The van der Waals surface area contributed by atoms with Crippen molar-refractivity contribution in [2.45, 2.75) is 6.42 Å². The number of benzene rings is 1. The van der Waals surface area contributed by atoms with Gasteiger partial charge in [-0.15, -0.1) is 0 Å². The van der Waals surface area contributed by atoms with Crippen molar-refractivity contribution in [3.05, 3.63) is 29.0 Å². The quantitative estimate of drug-likeness (QED) is 0.857. The molecule has 4 heteroatoms. The Hall–Kier alpha value is -0.800. The SMILES string of the molecule is Fc1ccc(OCCC2CNC2)c(Cl)c1. The van der Waals surface area contributed by atoms with E-state index < -0.39 is 0 Å². The Morgan fingerprint density at radius 2 is 2.27 bits per heavy atom. The van der Waals surface area contributed by atoms with E-state index in [0.29, 0.717) is 23.3 Å². The zero-order valence-electron chi connectivity index (χ0n) is 8.30. The second kappa shape index (κ2) is 4.81. The van der Waals surface area contributed by atoms with Crippen LogP contribution in [0.15, 0.2) is 18.2 Å². The first-order chi connectivity index (χ1) is 7.25. The zero-order chi connectivity index (χ0) is 10.7. The van der Waals surface area contributed by atoms with Crippen molar-refractivity contribution in [1.29, 1.82) is 0 Å². The van der Waals surface area contributed by atoms with Crippen LogP contribution in [0.5, 0.6) is 5.75 Å². The van der Waals surface area contributed by atoms with Crippen LogP contribution in [0.25, 0.3) is 0 Å². The Morgan fingerprint density at radius 1 is 1.47 bits per heavy atom. The fourth-order valence-electron chi connectivity index (χ4n) is 1.48. The van der Waals surface area contributed by atoms with Gasteiger partial charge in [0.15, 0.2) is 0 Å². The monoisotopic (exact) mass is 229 g/mol. The fourth-order valence-corrected chi connectivity index (χ4v) is 1.70. The molecule has 15 heavy (non-hydrogen) atoms. The molecule has 0 bridgehead atoms. The normalized spacial score (nSPS) is 16.1. The van der Waals surface area contributed by atoms with E-state index in [2.05, 4.69) is 5.32 Å². The van der Waals surface area contributed by atoms with Gasteiger partial charge in [0.05, 0.1) is 11.6 Å². The van der Waals surface area contributed by atoms with Gasteiger partial charge in [-0.2, -0.15) is 0 Å².